The molecule has 4 heterocycles. The number of benzene rings is 9. The first kappa shape index (κ1) is 41.4. The predicted molar refractivity (Wildman–Crippen MR) is 299 cm³/mol. The van der Waals surface area contributed by atoms with E-state index in [2.05, 4.69) is 228 Å². The predicted octanol–water partition coefficient (Wildman–Crippen LogP) is 15.8. The van der Waals surface area contributed by atoms with Gasteiger partial charge in [-0.3, -0.25) is 0 Å². The first-order valence-corrected chi connectivity index (χ1v) is 25.8. The van der Waals surface area contributed by atoms with Gasteiger partial charge in [-0.05, 0) is 6.07 Å². The van der Waals surface area contributed by atoms with Crippen LogP contribution >= 0.6 is 0 Å². The molecule has 73 heavy (non-hydrogen) atoms. The van der Waals surface area contributed by atoms with Crippen LogP contribution in [0.3, 0.4) is 0 Å². The summed E-state index contributed by atoms with van der Waals surface area (Å²) in [5.41, 5.74) is 15.5. The third-order valence-corrected chi connectivity index (χ3v) is 15.3. The first-order chi connectivity index (χ1) is 36.9. The third-order valence-electron chi connectivity index (χ3n) is 14.3. The van der Waals surface area contributed by atoms with Crippen molar-refractivity contribution in [2.75, 3.05) is 4.81 Å². The Morgan fingerprint density at radius 1 is 0.534 bits per heavy atom. The number of aromatic nitrogens is 4. The van der Waals surface area contributed by atoms with Gasteiger partial charge < -0.3 is 0 Å². The van der Waals surface area contributed by atoms with Gasteiger partial charge in [-0.2, -0.15) is 0 Å². The average molecular weight is 1130 g/mol. The quantitative estimate of drug-likeness (QED) is 0.135. The second-order valence-corrected chi connectivity index (χ2v) is 20.7. The normalized spacial score (nSPS) is 13.2. The second-order valence-electron chi connectivity index (χ2n) is 19.7. The molecule has 0 saturated carbocycles. The van der Waals surface area contributed by atoms with Crippen molar-refractivity contribution in [2.24, 2.45) is 0 Å². The second kappa shape index (κ2) is 17.8. The summed E-state index contributed by atoms with van der Waals surface area (Å²) in [7, 11) is 0. The van der Waals surface area contributed by atoms with Gasteiger partial charge in [-0.1, -0.05) is 60.7 Å². The van der Waals surface area contributed by atoms with E-state index in [4.69, 9.17) is 13.8 Å². The number of ether oxygens (including phenoxy) is 1. The Labute approximate surface area is 440 Å². The Balaban J connectivity index is 0.981. The monoisotopic (exact) mass is 1130 g/mol. The van der Waals surface area contributed by atoms with Crippen molar-refractivity contribution in [3.63, 3.8) is 0 Å². The number of fused-ring (bicyclic) bond motifs is 4. The number of pyridine rings is 1. The molecule has 1 aliphatic heterocycles. The standard InChI is InChI=1S/C65H50BN5O.Pt/c1-44-20-11-12-27-51(44)56-40-41-61(70-60-35-19-31-55-54-28-13-14-32-57(54)71(63(55)60)66(70)48-23-9-6-10-24-48)67-64(56)72-50-26-17-25-49(42-50)68-43-69(59-34-16-15-33-58(59)68)62-52(45-21-7-5-8-22-45)29-18-30-53(62)46-36-38-47(39-37-46)65(2,3)4;/h5-42H,1-4H3;/i1D3;. The zero-order valence-electron chi connectivity index (χ0n) is 43.5. The van der Waals surface area contributed by atoms with Crippen molar-refractivity contribution in [1.82, 2.24) is 18.6 Å². The van der Waals surface area contributed by atoms with Gasteiger partial charge in [-0.15, -0.1) is 0 Å². The number of para-hydroxylation sites is 5. The van der Waals surface area contributed by atoms with Gasteiger partial charge in [0.2, 0.25) is 0 Å². The number of aryl methyl sites for hydroxylation is 1. The Morgan fingerprint density at radius 3 is 1.90 bits per heavy atom. The van der Waals surface area contributed by atoms with Crippen LogP contribution in [0.25, 0.3) is 77.6 Å². The number of nitrogens with zero attached hydrogens (tertiary/aromatic N) is 5. The van der Waals surface area contributed by atoms with E-state index in [9.17, 15) is 0 Å². The Kier molecular flexibility index (Phi) is 10.1. The van der Waals surface area contributed by atoms with Crippen LogP contribution in [0, 0.1) is 10.7 Å². The zero-order valence-corrected chi connectivity index (χ0v) is 42.7. The molecule has 6 nitrogen and oxygen atoms in total. The molecule has 0 fully saturated rings. The van der Waals surface area contributed by atoms with Gasteiger partial charge in [0, 0.05) is 16.3 Å². The maximum absolute atomic E-state index is 8.63. The molecule has 0 amide bonds. The molecular formula is C65H50BN5OPt. The van der Waals surface area contributed by atoms with Crippen LogP contribution in [0.15, 0.2) is 231 Å². The van der Waals surface area contributed by atoms with Crippen LogP contribution in [-0.2, 0) is 24.8 Å². The van der Waals surface area contributed by atoms with Crippen molar-refractivity contribution in [3.8, 4) is 56.4 Å². The van der Waals surface area contributed by atoms with Crippen molar-refractivity contribution in [3.05, 3.63) is 245 Å². The summed E-state index contributed by atoms with van der Waals surface area (Å²) in [5.74, 6) is 1.48. The summed E-state index contributed by atoms with van der Waals surface area (Å²) < 4.78 is 41.0. The molecular weight excluding hydrogens is 1070 g/mol. The van der Waals surface area contributed by atoms with Gasteiger partial charge in [0.25, 0.3) is 0 Å². The molecule has 0 atom stereocenters. The van der Waals surface area contributed by atoms with E-state index in [0.717, 1.165) is 76.0 Å². The minimum atomic E-state index is -2.39. The Hall–Kier alpha value is -8.25. The van der Waals surface area contributed by atoms with E-state index in [1.165, 1.54) is 10.9 Å². The van der Waals surface area contributed by atoms with Crippen molar-refractivity contribution in [1.29, 1.82) is 0 Å². The summed E-state index contributed by atoms with van der Waals surface area (Å²) in [6.07, 6.45) is 0. The van der Waals surface area contributed by atoms with Crippen LogP contribution in [0.4, 0.5) is 11.5 Å². The third kappa shape index (κ3) is 7.52. The molecule has 0 bridgehead atoms. The van der Waals surface area contributed by atoms with E-state index in [1.807, 2.05) is 48.5 Å². The van der Waals surface area contributed by atoms with Crippen molar-refractivity contribution >= 4 is 56.8 Å². The Morgan fingerprint density at radius 2 is 1.15 bits per heavy atom. The van der Waals surface area contributed by atoms with Crippen LogP contribution in [0.2, 0.25) is 0 Å². The molecule has 354 valence electrons. The van der Waals surface area contributed by atoms with Gasteiger partial charge in [0.05, 0.1) is 0 Å². The van der Waals surface area contributed by atoms with E-state index < -0.39 is 6.85 Å². The molecule has 12 aromatic rings. The topological polar surface area (TPSA) is 40.1 Å². The Bertz CT molecular complexity index is 4270. The van der Waals surface area contributed by atoms with Crippen LogP contribution in [0.1, 0.15) is 36.0 Å². The van der Waals surface area contributed by atoms with Crippen molar-refractivity contribution in [2.45, 2.75) is 33.0 Å². The van der Waals surface area contributed by atoms with Crippen molar-refractivity contribution < 1.29 is 28.2 Å². The van der Waals surface area contributed by atoms with E-state index in [0.29, 0.717) is 22.7 Å². The number of hydrogen-bond acceptors (Lipinski definition) is 3. The number of rotatable bonds is 9. The fourth-order valence-corrected chi connectivity index (χ4v) is 11.9. The molecule has 9 aromatic carbocycles. The van der Waals surface area contributed by atoms with E-state index >= 15 is 0 Å². The minimum absolute atomic E-state index is 0.0172. The molecule has 1 aliphatic rings. The summed E-state index contributed by atoms with van der Waals surface area (Å²) in [6.45, 7) is 4.07. The number of imidazole rings is 1. The van der Waals surface area contributed by atoms with Gasteiger partial charge in [0.1, 0.15) is 0 Å². The van der Waals surface area contributed by atoms with Crippen LogP contribution < -0.4 is 15.0 Å². The fraction of sp³-hybridized carbons (Fsp3) is 0.0769. The fourth-order valence-electron chi connectivity index (χ4n) is 10.9. The molecule has 0 aliphatic carbocycles. The summed E-state index contributed by atoms with van der Waals surface area (Å²) in [5, 5.41) is 2.35. The molecule has 0 spiro atoms. The first-order valence-electron chi connectivity index (χ1n) is 26.1. The summed E-state index contributed by atoms with van der Waals surface area (Å²) in [4.78, 5) is 7.74. The molecule has 0 radical (unpaired) electrons. The number of hydrogen-bond donors (Lipinski definition) is 0. The maximum atomic E-state index is 8.63. The van der Waals surface area contributed by atoms with Crippen LogP contribution in [0.5, 0.6) is 11.6 Å². The SMILES string of the molecule is [2H]C([2H])([2H])c1ccccc1-c1ccc(N2B(c3ccccc3)n3c4ccccc4c4cccc2c43)nc1Oc1cccc(-n2[c](=[Pt])n(-c3c(-c4ccccc4)cccc3-c3ccc(C(C)(C)C)cc3)c3ccccc32)c1. The van der Waals surface area contributed by atoms with Gasteiger partial charge in [0.15, 0.2) is 0 Å². The number of anilines is 2. The molecule has 8 heteroatoms. The molecule has 3 aromatic heterocycles. The van der Waals surface area contributed by atoms with Gasteiger partial charge >= 0.3 is 360 Å². The molecule has 0 N–H and O–H groups in total. The molecule has 0 saturated heterocycles. The van der Waals surface area contributed by atoms with Crippen LogP contribution in [-0.4, -0.2) is 25.6 Å². The zero-order chi connectivity index (χ0) is 51.9. The van der Waals surface area contributed by atoms with Gasteiger partial charge in [-0.25, -0.2) is 0 Å². The molecule has 0 unspecified atom stereocenters. The molecule has 13 rings (SSSR count). The summed E-state index contributed by atoms with van der Waals surface area (Å²) >= 11 is 2.48. The van der Waals surface area contributed by atoms with E-state index in [1.54, 1.807) is 12.1 Å². The summed E-state index contributed by atoms with van der Waals surface area (Å²) in [6, 6.07) is 79.5. The van der Waals surface area contributed by atoms with E-state index in [-0.39, 0.29) is 23.8 Å². The average Bonchev–Trinajstić information content (AvgIpc) is 4.28.